The third kappa shape index (κ3) is 18.4. The van der Waals surface area contributed by atoms with Gasteiger partial charge >= 0.3 is 0 Å². The average molecular weight is 128 g/mol. The van der Waals surface area contributed by atoms with Gasteiger partial charge in [-0.25, -0.2) is 4.39 Å². The first-order chi connectivity index (χ1) is 3.77. The van der Waals surface area contributed by atoms with Crippen LogP contribution >= 0.6 is 0 Å². The topological polar surface area (TPSA) is 9.23 Å². The van der Waals surface area contributed by atoms with Crippen LogP contribution in [-0.4, -0.2) is 14.0 Å². The summed E-state index contributed by atoms with van der Waals surface area (Å²) in [5, 5.41) is 0. The van der Waals surface area contributed by atoms with Crippen molar-refractivity contribution in [2.45, 2.75) is 0 Å². The molecule has 0 fully saturated rings. The molecule has 0 saturated carbocycles. The van der Waals surface area contributed by atoms with Crippen LogP contribution in [0, 0.1) is 0 Å². The van der Waals surface area contributed by atoms with E-state index in [-0.39, 0.29) is 0 Å². The van der Waals surface area contributed by atoms with E-state index in [1.807, 2.05) is 0 Å². The molecule has 0 aromatic heterocycles. The summed E-state index contributed by atoms with van der Waals surface area (Å²) in [6, 6.07) is -1.09. The van der Waals surface area contributed by atoms with Gasteiger partial charge < -0.3 is 4.74 Å². The first-order valence-electron chi connectivity index (χ1n) is 1.68. The van der Waals surface area contributed by atoms with Crippen LogP contribution in [0.15, 0.2) is 12.6 Å². The molecular weight excluding hydrogens is 121 g/mol. The van der Waals surface area contributed by atoms with Crippen molar-refractivity contribution < 1.29 is 17.9 Å². The summed E-state index contributed by atoms with van der Waals surface area (Å²) >= 11 is 0. The van der Waals surface area contributed by atoms with Gasteiger partial charge in [-0.15, -0.1) is 0 Å². The van der Waals surface area contributed by atoms with Gasteiger partial charge in [0.1, 0.15) is 0 Å². The summed E-state index contributed by atoms with van der Waals surface area (Å²) in [5.74, 6) is 0. The van der Waals surface area contributed by atoms with Crippen molar-refractivity contribution in [2.75, 3.05) is 14.0 Å². The van der Waals surface area contributed by atoms with Gasteiger partial charge in [-0.05, 0) is 6.58 Å². The molecule has 0 aromatic carbocycles. The minimum absolute atomic E-state index is 0.500. The van der Waals surface area contributed by atoms with Crippen molar-refractivity contribution >= 4 is 0 Å². The summed E-state index contributed by atoms with van der Waals surface area (Å²) in [4.78, 5) is 0. The lowest BCUT2D eigenvalue weighted by Crippen LogP contribution is -1.78. The molecule has 0 amide bonds. The third-order valence-electron chi connectivity index (χ3n) is 0.211. The highest BCUT2D eigenvalue weighted by Gasteiger charge is 1.81. The SMILES string of the molecule is C=C(F)OCF.CF. The smallest absolute Gasteiger partial charge is 0.267 e. The van der Waals surface area contributed by atoms with Crippen LogP contribution in [0.1, 0.15) is 0 Å². The van der Waals surface area contributed by atoms with Crippen molar-refractivity contribution in [2.24, 2.45) is 0 Å². The van der Waals surface area contributed by atoms with E-state index < -0.39 is 12.9 Å². The van der Waals surface area contributed by atoms with Crippen LogP contribution in [0.2, 0.25) is 0 Å². The fourth-order valence-corrected chi connectivity index (χ4v) is 0.0592. The number of halogens is 3. The van der Waals surface area contributed by atoms with Crippen molar-refractivity contribution in [3.63, 3.8) is 0 Å². The van der Waals surface area contributed by atoms with Crippen LogP contribution in [0.3, 0.4) is 0 Å². The first kappa shape index (κ1) is 10.3. The fraction of sp³-hybridized carbons (Fsp3) is 0.500. The van der Waals surface area contributed by atoms with E-state index in [1.165, 1.54) is 0 Å². The molecule has 0 saturated heterocycles. The maximum absolute atomic E-state index is 11.0. The Kier molecular flexibility index (Phi) is 12.4. The van der Waals surface area contributed by atoms with Crippen molar-refractivity contribution in [1.82, 2.24) is 0 Å². The van der Waals surface area contributed by atoms with Crippen LogP contribution in [0.5, 0.6) is 0 Å². The van der Waals surface area contributed by atoms with Crippen molar-refractivity contribution in [3.05, 3.63) is 12.6 Å². The minimum atomic E-state index is -1.14. The Morgan fingerprint density at radius 3 is 2.00 bits per heavy atom. The van der Waals surface area contributed by atoms with E-state index in [9.17, 15) is 13.2 Å². The highest BCUT2D eigenvalue weighted by atomic mass is 19.2. The van der Waals surface area contributed by atoms with Crippen LogP contribution in [0.25, 0.3) is 0 Å². The maximum Gasteiger partial charge on any atom is 0.267 e. The fourth-order valence-electron chi connectivity index (χ4n) is 0.0592. The largest absolute Gasteiger partial charge is 0.439 e. The van der Waals surface area contributed by atoms with E-state index in [1.54, 1.807) is 0 Å². The van der Waals surface area contributed by atoms with E-state index in [2.05, 4.69) is 11.3 Å². The van der Waals surface area contributed by atoms with Crippen LogP contribution in [-0.2, 0) is 4.74 Å². The van der Waals surface area contributed by atoms with E-state index in [0.717, 1.165) is 0 Å². The Morgan fingerprint density at radius 1 is 1.62 bits per heavy atom. The van der Waals surface area contributed by atoms with Crippen molar-refractivity contribution in [1.29, 1.82) is 0 Å². The molecule has 0 spiro atoms. The molecule has 0 aliphatic carbocycles. The molecule has 0 aromatic rings. The molecule has 0 heterocycles. The first-order valence-corrected chi connectivity index (χ1v) is 1.68. The Hall–Kier alpha value is -0.670. The molecule has 50 valence electrons. The predicted molar refractivity (Wildman–Crippen MR) is 24.3 cm³/mol. The molecule has 8 heavy (non-hydrogen) atoms. The lowest BCUT2D eigenvalue weighted by atomic mass is 11.1. The molecular formula is C4H7F3O. The summed E-state index contributed by atoms with van der Waals surface area (Å²) < 4.78 is 34.8. The van der Waals surface area contributed by atoms with Gasteiger partial charge in [0.15, 0.2) is 0 Å². The Bertz CT molecular complexity index is 55.2. The standard InChI is InChI=1S/C3H4F2O.CH3F/c1-3(5)6-2-4;1-2/h1-2H2;1H3. The zero-order valence-electron chi connectivity index (χ0n) is 4.46. The third-order valence-corrected chi connectivity index (χ3v) is 0.211. The molecule has 0 radical (unpaired) electrons. The van der Waals surface area contributed by atoms with Gasteiger partial charge in [-0.3, -0.25) is 4.39 Å². The highest BCUT2D eigenvalue weighted by molar-refractivity contribution is 4.61. The Morgan fingerprint density at radius 2 is 2.00 bits per heavy atom. The second-order valence-corrected chi connectivity index (χ2v) is 0.609. The van der Waals surface area contributed by atoms with Crippen LogP contribution < -0.4 is 0 Å². The van der Waals surface area contributed by atoms with E-state index in [0.29, 0.717) is 7.18 Å². The van der Waals surface area contributed by atoms with Gasteiger partial charge in [-0.1, -0.05) is 0 Å². The molecule has 0 atom stereocenters. The monoisotopic (exact) mass is 128 g/mol. The predicted octanol–water partition coefficient (Wildman–Crippen LogP) is 1.96. The van der Waals surface area contributed by atoms with Gasteiger partial charge in [0.05, 0.1) is 7.18 Å². The zero-order valence-corrected chi connectivity index (χ0v) is 4.46. The second kappa shape index (κ2) is 9.59. The number of hydrogen-bond donors (Lipinski definition) is 0. The molecule has 1 nitrogen and oxygen atoms in total. The lowest BCUT2D eigenvalue weighted by molar-refractivity contribution is 0.0736. The van der Waals surface area contributed by atoms with Gasteiger partial charge in [0, 0.05) is 0 Å². The normalized spacial score (nSPS) is 6.50. The summed E-state index contributed by atoms with van der Waals surface area (Å²) in [6.45, 7) is 1.47. The molecule has 0 aliphatic heterocycles. The highest BCUT2D eigenvalue weighted by Crippen LogP contribution is 1.90. The lowest BCUT2D eigenvalue weighted by Gasteiger charge is -1.88. The van der Waals surface area contributed by atoms with Crippen LogP contribution in [0.4, 0.5) is 13.2 Å². The number of rotatable bonds is 2. The summed E-state index contributed by atoms with van der Waals surface area (Å²) in [6.07, 6.45) is 0. The second-order valence-electron chi connectivity index (χ2n) is 0.609. The minimum Gasteiger partial charge on any atom is -0.439 e. The quantitative estimate of drug-likeness (QED) is 0.516. The maximum atomic E-state index is 11.0. The molecule has 0 bridgehead atoms. The number of alkyl halides is 2. The zero-order chi connectivity index (χ0) is 6.99. The molecule has 0 rings (SSSR count). The molecule has 0 N–H and O–H groups in total. The summed E-state index contributed by atoms with van der Waals surface area (Å²) in [5.41, 5.74) is 0. The molecule has 4 heteroatoms. The summed E-state index contributed by atoms with van der Waals surface area (Å²) in [7, 11) is 0.500. The van der Waals surface area contributed by atoms with Gasteiger partial charge in [-0.2, -0.15) is 4.39 Å². The number of ether oxygens (including phenoxy) is 1. The molecule has 0 aliphatic rings. The molecule has 0 unspecified atom stereocenters. The van der Waals surface area contributed by atoms with Crippen molar-refractivity contribution in [3.8, 4) is 0 Å². The van der Waals surface area contributed by atoms with E-state index >= 15 is 0 Å². The van der Waals surface area contributed by atoms with Gasteiger partial charge in [0.2, 0.25) is 6.86 Å². The van der Waals surface area contributed by atoms with Gasteiger partial charge in [0.25, 0.3) is 6.01 Å². The average Bonchev–Trinajstić information content (AvgIpc) is 1.72. The van der Waals surface area contributed by atoms with E-state index in [4.69, 9.17) is 0 Å². The number of hydrogen-bond acceptors (Lipinski definition) is 1. The Balaban J connectivity index is 0. The Labute approximate surface area is 45.8 Å².